The molecule has 0 fully saturated rings. The average Bonchev–Trinajstić information content (AvgIpc) is 2.25. The highest BCUT2D eigenvalue weighted by Crippen LogP contribution is 2.31. The van der Waals surface area contributed by atoms with Crippen LogP contribution in [0.1, 0.15) is 25.8 Å². The standard InChI is InChI=1S/C13H19NO2/c1-5-9-16-12-8-6-7-10(2)13(12)14(4)11(3)15/h6-8H,5,9H2,1-4H3. The van der Waals surface area contributed by atoms with E-state index in [2.05, 4.69) is 6.92 Å². The third-order valence-corrected chi connectivity index (χ3v) is 2.47. The number of carbonyl (C=O) groups excluding carboxylic acids is 1. The lowest BCUT2D eigenvalue weighted by atomic mass is 10.1. The van der Waals surface area contributed by atoms with Gasteiger partial charge in [0.15, 0.2) is 0 Å². The molecule has 0 unspecified atom stereocenters. The van der Waals surface area contributed by atoms with Gasteiger partial charge >= 0.3 is 0 Å². The summed E-state index contributed by atoms with van der Waals surface area (Å²) in [7, 11) is 1.77. The van der Waals surface area contributed by atoms with E-state index in [1.165, 1.54) is 0 Å². The van der Waals surface area contributed by atoms with Crippen molar-refractivity contribution in [3.05, 3.63) is 23.8 Å². The number of hydrogen-bond acceptors (Lipinski definition) is 2. The Hall–Kier alpha value is -1.51. The quantitative estimate of drug-likeness (QED) is 0.782. The maximum Gasteiger partial charge on any atom is 0.223 e. The van der Waals surface area contributed by atoms with Crippen molar-refractivity contribution < 1.29 is 9.53 Å². The van der Waals surface area contributed by atoms with Crippen LogP contribution in [0.5, 0.6) is 5.75 Å². The molecule has 1 aromatic carbocycles. The summed E-state index contributed by atoms with van der Waals surface area (Å²) in [5.41, 5.74) is 1.91. The highest BCUT2D eigenvalue weighted by molar-refractivity contribution is 5.93. The summed E-state index contributed by atoms with van der Waals surface area (Å²) in [5, 5.41) is 0. The lowest BCUT2D eigenvalue weighted by molar-refractivity contribution is -0.116. The zero-order valence-electron chi connectivity index (χ0n) is 10.4. The van der Waals surface area contributed by atoms with E-state index in [1.807, 2.05) is 25.1 Å². The van der Waals surface area contributed by atoms with Gasteiger partial charge in [-0.05, 0) is 25.0 Å². The van der Waals surface area contributed by atoms with Crippen LogP contribution in [0.4, 0.5) is 5.69 Å². The summed E-state index contributed by atoms with van der Waals surface area (Å²) in [5.74, 6) is 0.787. The summed E-state index contributed by atoms with van der Waals surface area (Å²) in [6, 6.07) is 5.82. The van der Waals surface area contributed by atoms with Crippen LogP contribution in [0.2, 0.25) is 0 Å². The minimum atomic E-state index is 0.00986. The molecule has 1 amide bonds. The fraction of sp³-hybridized carbons (Fsp3) is 0.462. The SMILES string of the molecule is CCCOc1cccc(C)c1N(C)C(C)=O. The molecule has 1 rings (SSSR count). The molecular formula is C13H19NO2. The smallest absolute Gasteiger partial charge is 0.223 e. The minimum absolute atomic E-state index is 0.00986. The maximum absolute atomic E-state index is 11.4. The Morgan fingerprint density at radius 3 is 2.69 bits per heavy atom. The summed E-state index contributed by atoms with van der Waals surface area (Å²) in [6.07, 6.45) is 0.956. The van der Waals surface area contributed by atoms with E-state index >= 15 is 0 Å². The molecule has 88 valence electrons. The van der Waals surface area contributed by atoms with Crippen LogP contribution < -0.4 is 9.64 Å². The Morgan fingerprint density at radius 1 is 1.44 bits per heavy atom. The maximum atomic E-state index is 11.4. The first-order valence-electron chi connectivity index (χ1n) is 5.54. The van der Waals surface area contributed by atoms with E-state index in [-0.39, 0.29) is 5.91 Å². The van der Waals surface area contributed by atoms with E-state index in [1.54, 1.807) is 18.9 Å². The Balaban J connectivity index is 3.07. The van der Waals surface area contributed by atoms with Crippen molar-refractivity contribution in [3.63, 3.8) is 0 Å². The van der Waals surface area contributed by atoms with Crippen LogP contribution in [-0.4, -0.2) is 19.6 Å². The molecule has 16 heavy (non-hydrogen) atoms. The highest BCUT2D eigenvalue weighted by atomic mass is 16.5. The molecular weight excluding hydrogens is 202 g/mol. The summed E-state index contributed by atoms with van der Waals surface area (Å²) in [4.78, 5) is 13.0. The Bertz CT molecular complexity index is 374. The number of hydrogen-bond donors (Lipinski definition) is 0. The van der Waals surface area contributed by atoms with Gasteiger partial charge in [0.05, 0.1) is 12.3 Å². The number of nitrogens with zero attached hydrogens (tertiary/aromatic N) is 1. The van der Waals surface area contributed by atoms with Gasteiger partial charge in [-0.1, -0.05) is 19.1 Å². The largest absolute Gasteiger partial charge is 0.491 e. The van der Waals surface area contributed by atoms with Crippen molar-refractivity contribution in [1.29, 1.82) is 0 Å². The van der Waals surface area contributed by atoms with Crippen LogP contribution in [0.3, 0.4) is 0 Å². The molecule has 0 atom stereocenters. The minimum Gasteiger partial charge on any atom is -0.491 e. The first kappa shape index (κ1) is 12.6. The normalized spacial score (nSPS) is 10.0. The van der Waals surface area contributed by atoms with Crippen molar-refractivity contribution >= 4 is 11.6 Å². The molecule has 0 bridgehead atoms. The van der Waals surface area contributed by atoms with Gasteiger partial charge in [-0.2, -0.15) is 0 Å². The second kappa shape index (κ2) is 5.54. The van der Waals surface area contributed by atoms with E-state index in [0.717, 1.165) is 23.4 Å². The first-order valence-corrected chi connectivity index (χ1v) is 5.54. The number of amides is 1. The molecule has 0 aliphatic rings. The molecule has 0 N–H and O–H groups in total. The molecule has 0 saturated carbocycles. The van der Waals surface area contributed by atoms with Crippen LogP contribution in [0.25, 0.3) is 0 Å². The fourth-order valence-electron chi connectivity index (χ4n) is 1.55. The van der Waals surface area contributed by atoms with Gasteiger partial charge in [-0.15, -0.1) is 0 Å². The Labute approximate surface area is 97.0 Å². The third kappa shape index (κ3) is 2.75. The van der Waals surface area contributed by atoms with Crippen LogP contribution in [0, 0.1) is 6.92 Å². The predicted molar refractivity (Wildman–Crippen MR) is 66.0 cm³/mol. The molecule has 0 aliphatic carbocycles. The van der Waals surface area contributed by atoms with Crippen molar-refractivity contribution in [1.82, 2.24) is 0 Å². The zero-order chi connectivity index (χ0) is 12.1. The molecule has 0 radical (unpaired) electrons. The number of aryl methyl sites for hydroxylation is 1. The van der Waals surface area contributed by atoms with Crippen LogP contribution >= 0.6 is 0 Å². The number of anilines is 1. The summed E-state index contributed by atoms with van der Waals surface area (Å²) in [6.45, 7) is 6.26. The summed E-state index contributed by atoms with van der Waals surface area (Å²) >= 11 is 0. The average molecular weight is 221 g/mol. The van der Waals surface area contributed by atoms with Crippen LogP contribution in [-0.2, 0) is 4.79 Å². The molecule has 0 saturated heterocycles. The Kier molecular flexibility index (Phi) is 4.35. The Morgan fingerprint density at radius 2 is 2.12 bits per heavy atom. The van der Waals surface area contributed by atoms with Crippen molar-refractivity contribution in [2.24, 2.45) is 0 Å². The van der Waals surface area contributed by atoms with Gasteiger partial charge in [0, 0.05) is 14.0 Å². The van der Waals surface area contributed by atoms with E-state index < -0.39 is 0 Å². The van der Waals surface area contributed by atoms with Gasteiger partial charge in [0.1, 0.15) is 5.75 Å². The van der Waals surface area contributed by atoms with Crippen molar-refractivity contribution in [2.75, 3.05) is 18.6 Å². The molecule has 3 nitrogen and oxygen atoms in total. The van der Waals surface area contributed by atoms with Gasteiger partial charge < -0.3 is 9.64 Å². The number of carbonyl (C=O) groups is 1. The topological polar surface area (TPSA) is 29.5 Å². The lowest BCUT2D eigenvalue weighted by Crippen LogP contribution is -2.24. The molecule has 0 heterocycles. The fourth-order valence-corrected chi connectivity index (χ4v) is 1.55. The van der Waals surface area contributed by atoms with E-state index in [9.17, 15) is 4.79 Å². The second-order valence-electron chi connectivity index (χ2n) is 3.85. The number of ether oxygens (including phenoxy) is 1. The zero-order valence-corrected chi connectivity index (χ0v) is 10.4. The van der Waals surface area contributed by atoms with Gasteiger partial charge in [-0.25, -0.2) is 0 Å². The summed E-state index contributed by atoms with van der Waals surface area (Å²) < 4.78 is 5.64. The second-order valence-corrected chi connectivity index (χ2v) is 3.85. The molecule has 0 aromatic heterocycles. The molecule has 0 aliphatic heterocycles. The molecule has 3 heteroatoms. The van der Waals surface area contributed by atoms with E-state index in [0.29, 0.717) is 6.61 Å². The van der Waals surface area contributed by atoms with E-state index in [4.69, 9.17) is 4.74 Å². The van der Waals surface area contributed by atoms with Gasteiger partial charge in [0.2, 0.25) is 5.91 Å². The van der Waals surface area contributed by atoms with Crippen molar-refractivity contribution in [2.45, 2.75) is 27.2 Å². The van der Waals surface area contributed by atoms with Crippen molar-refractivity contribution in [3.8, 4) is 5.75 Å². The predicted octanol–water partition coefficient (Wildman–Crippen LogP) is 2.77. The van der Waals surface area contributed by atoms with Crippen LogP contribution in [0.15, 0.2) is 18.2 Å². The van der Waals surface area contributed by atoms with Gasteiger partial charge in [-0.3, -0.25) is 4.79 Å². The number of benzene rings is 1. The monoisotopic (exact) mass is 221 g/mol. The number of rotatable bonds is 4. The first-order chi connectivity index (χ1) is 7.57. The molecule has 0 spiro atoms. The van der Waals surface area contributed by atoms with Gasteiger partial charge in [0.25, 0.3) is 0 Å². The highest BCUT2D eigenvalue weighted by Gasteiger charge is 2.14. The third-order valence-electron chi connectivity index (χ3n) is 2.47. The molecule has 1 aromatic rings. The lowest BCUT2D eigenvalue weighted by Gasteiger charge is -2.21. The number of para-hydroxylation sites is 1.